The Bertz CT molecular complexity index is 790. The molecule has 2 aromatic rings. The molecule has 0 atom stereocenters. The Balaban J connectivity index is 1.96. The summed E-state index contributed by atoms with van der Waals surface area (Å²) in [4.78, 5) is 22.6. The molecule has 0 saturated carbocycles. The van der Waals surface area contributed by atoms with Crippen molar-refractivity contribution in [3.8, 4) is 5.75 Å². The number of carbonyl (C=O) groups excluding carboxylic acids is 1. The van der Waals surface area contributed by atoms with Crippen molar-refractivity contribution >= 4 is 17.3 Å². The Morgan fingerprint density at radius 1 is 1.20 bits per heavy atom. The maximum Gasteiger partial charge on any atom is 0.270 e. The standard InChI is InChI=1S/C18H21N3O4/c1-12-4-7-17(13(2)10-12)25-9-8-20-18(22)15-11-14(21(23)24)5-6-16(15)19-3/h4-7,10-11,19H,8-9H2,1-3H3,(H,20,22). The van der Waals surface area contributed by atoms with Crippen LogP contribution in [-0.4, -0.2) is 31.0 Å². The Morgan fingerprint density at radius 2 is 1.96 bits per heavy atom. The average molecular weight is 343 g/mol. The number of nitro benzene ring substituents is 1. The number of hydrogen-bond donors (Lipinski definition) is 2. The number of carbonyl (C=O) groups is 1. The van der Waals surface area contributed by atoms with Gasteiger partial charge in [0.2, 0.25) is 0 Å². The van der Waals surface area contributed by atoms with E-state index in [9.17, 15) is 14.9 Å². The quantitative estimate of drug-likeness (QED) is 0.458. The van der Waals surface area contributed by atoms with E-state index in [0.717, 1.165) is 16.9 Å². The first-order valence-corrected chi connectivity index (χ1v) is 7.87. The fourth-order valence-corrected chi connectivity index (χ4v) is 2.43. The van der Waals surface area contributed by atoms with Gasteiger partial charge >= 0.3 is 0 Å². The zero-order valence-electron chi connectivity index (χ0n) is 14.5. The summed E-state index contributed by atoms with van der Waals surface area (Å²) in [7, 11) is 1.65. The van der Waals surface area contributed by atoms with Crippen LogP contribution >= 0.6 is 0 Å². The molecule has 0 heterocycles. The molecule has 25 heavy (non-hydrogen) atoms. The molecule has 2 N–H and O–H groups in total. The molecule has 0 aromatic heterocycles. The van der Waals surface area contributed by atoms with E-state index in [-0.39, 0.29) is 17.8 Å². The number of nitrogens with one attached hydrogen (secondary N) is 2. The Hall–Kier alpha value is -3.09. The number of amides is 1. The highest BCUT2D eigenvalue weighted by Gasteiger charge is 2.16. The molecular weight excluding hydrogens is 322 g/mol. The monoisotopic (exact) mass is 343 g/mol. The minimum absolute atomic E-state index is 0.129. The highest BCUT2D eigenvalue weighted by molar-refractivity contribution is 6.00. The second-order valence-corrected chi connectivity index (χ2v) is 5.61. The molecule has 0 fully saturated rings. The molecule has 132 valence electrons. The summed E-state index contributed by atoms with van der Waals surface area (Å²) in [6.45, 7) is 4.57. The molecule has 0 unspecified atom stereocenters. The molecule has 0 spiro atoms. The first-order chi connectivity index (χ1) is 11.9. The van der Waals surface area contributed by atoms with Crippen LogP contribution in [0, 0.1) is 24.0 Å². The summed E-state index contributed by atoms with van der Waals surface area (Å²) in [5, 5.41) is 16.5. The zero-order chi connectivity index (χ0) is 18.4. The van der Waals surface area contributed by atoms with Crippen LogP contribution in [0.3, 0.4) is 0 Å². The van der Waals surface area contributed by atoms with Gasteiger partial charge in [0.25, 0.3) is 11.6 Å². The fourth-order valence-electron chi connectivity index (χ4n) is 2.43. The number of benzene rings is 2. The minimum Gasteiger partial charge on any atom is -0.491 e. The molecule has 2 rings (SSSR count). The predicted octanol–water partition coefficient (Wildman–Crippen LogP) is 3.06. The van der Waals surface area contributed by atoms with E-state index in [4.69, 9.17) is 4.74 Å². The molecule has 1 amide bonds. The van der Waals surface area contributed by atoms with Gasteiger partial charge in [-0.3, -0.25) is 14.9 Å². The lowest BCUT2D eigenvalue weighted by Gasteiger charge is -2.12. The second kappa shape index (κ2) is 8.14. The molecule has 0 saturated heterocycles. The number of hydrogen-bond acceptors (Lipinski definition) is 5. The summed E-state index contributed by atoms with van der Waals surface area (Å²) < 4.78 is 5.66. The molecule has 7 nitrogen and oxygen atoms in total. The third kappa shape index (κ3) is 4.69. The van der Waals surface area contributed by atoms with Crippen molar-refractivity contribution in [2.75, 3.05) is 25.5 Å². The largest absolute Gasteiger partial charge is 0.491 e. The molecule has 2 aromatic carbocycles. The van der Waals surface area contributed by atoms with Crippen molar-refractivity contribution in [1.82, 2.24) is 5.32 Å². The van der Waals surface area contributed by atoms with Gasteiger partial charge in [-0.15, -0.1) is 0 Å². The lowest BCUT2D eigenvalue weighted by Crippen LogP contribution is -2.28. The Labute approximate surface area is 146 Å². The van der Waals surface area contributed by atoms with Gasteiger partial charge in [0, 0.05) is 24.9 Å². The van der Waals surface area contributed by atoms with Crippen molar-refractivity contribution in [1.29, 1.82) is 0 Å². The van der Waals surface area contributed by atoms with Crippen LogP contribution in [0.2, 0.25) is 0 Å². The van der Waals surface area contributed by atoms with Crippen molar-refractivity contribution in [3.05, 3.63) is 63.2 Å². The third-order valence-electron chi connectivity index (χ3n) is 3.70. The van der Waals surface area contributed by atoms with E-state index in [1.807, 2.05) is 32.0 Å². The summed E-state index contributed by atoms with van der Waals surface area (Å²) in [6.07, 6.45) is 0. The van der Waals surface area contributed by atoms with Crippen LogP contribution in [0.4, 0.5) is 11.4 Å². The van der Waals surface area contributed by atoms with Crippen molar-refractivity contribution in [2.24, 2.45) is 0 Å². The Kier molecular flexibility index (Phi) is 5.94. The summed E-state index contributed by atoms with van der Waals surface area (Å²) in [5.41, 5.74) is 2.81. The van der Waals surface area contributed by atoms with Crippen LogP contribution in [0.5, 0.6) is 5.75 Å². The molecule has 0 bridgehead atoms. The number of ether oxygens (including phenoxy) is 1. The SMILES string of the molecule is CNc1ccc([N+](=O)[O-])cc1C(=O)NCCOc1ccc(C)cc1C. The number of nitrogens with zero attached hydrogens (tertiary/aromatic N) is 1. The predicted molar refractivity (Wildman–Crippen MR) is 96.4 cm³/mol. The van der Waals surface area contributed by atoms with Crippen molar-refractivity contribution < 1.29 is 14.5 Å². The van der Waals surface area contributed by atoms with E-state index in [0.29, 0.717) is 12.3 Å². The summed E-state index contributed by atoms with van der Waals surface area (Å²) >= 11 is 0. The first-order valence-electron chi connectivity index (χ1n) is 7.87. The lowest BCUT2D eigenvalue weighted by atomic mass is 10.1. The van der Waals surface area contributed by atoms with Gasteiger partial charge in [0.05, 0.1) is 17.0 Å². The van der Waals surface area contributed by atoms with Gasteiger partial charge in [0.1, 0.15) is 12.4 Å². The van der Waals surface area contributed by atoms with Crippen LogP contribution in [0.15, 0.2) is 36.4 Å². The number of nitro groups is 1. The van der Waals surface area contributed by atoms with Gasteiger partial charge in [0.15, 0.2) is 0 Å². The third-order valence-corrected chi connectivity index (χ3v) is 3.70. The van der Waals surface area contributed by atoms with E-state index in [2.05, 4.69) is 10.6 Å². The number of rotatable bonds is 7. The summed E-state index contributed by atoms with van der Waals surface area (Å²) in [5.74, 6) is 0.378. The van der Waals surface area contributed by atoms with Crippen LogP contribution in [0.25, 0.3) is 0 Å². The maximum atomic E-state index is 12.3. The molecule has 7 heteroatoms. The van der Waals surface area contributed by atoms with Crippen LogP contribution < -0.4 is 15.4 Å². The smallest absolute Gasteiger partial charge is 0.270 e. The zero-order valence-corrected chi connectivity index (χ0v) is 14.5. The van der Waals surface area contributed by atoms with Crippen molar-refractivity contribution in [2.45, 2.75) is 13.8 Å². The topological polar surface area (TPSA) is 93.5 Å². The Morgan fingerprint density at radius 3 is 2.60 bits per heavy atom. The minimum atomic E-state index is -0.528. The van der Waals surface area contributed by atoms with Gasteiger partial charge in [-0.1, -0.05) is 17.7 Å². The van der Waals surface area contributed by atoms with E-state index >= 15 is 0 Å². The number of non-ortho nitro benzene ring substituents is 1. The van der Waals surface area contributed by atoms with Crippen LogP contribution in [0.1, 0.15) is 21.5 Å². The summed E-state index contributed by atoms with van der Waals surface area (Å²) in [6, 6.07) is 10.0. The second-order valence-electron chi connectivity index (χ2n) is 5.61. The number of anilines is 1. The highest BCUT2D eigenvalue weighted by Crippen LogP contribution is 2.22. The van der Waals surface area contributed by atoms with Crippen molar-refractivity contribution in [3.63, 3.8) is 0 Å². The van der Waals surface area contributed by atoms with Gasteiger partial charge in [-0.2, -0.15) is 0 Å². The molecular formula is C18H21N3O4. The van der Waals surface area contributed by atoms with E-state index in [1.54, 1.807) is 7.05 Å². The normalized spacial score (nSPS) is 10.2. The molecule has 0 aliphatic heterocycles. The van der Waals surface area contributed by atoms with Gasteiger partial charge in [-0.25, -0.2) is 0 Å². The molecule has 0 radical (unpaired) electrons. The number of aryl methyl sites for hydroxylation is 2. The van der Waals surface area contributed by atoms with E-state index < -0.39 is 10.8 Å². The molecule has 0 aliphatic rings. The van der Waals surface area contributed by atoms with Crippen LogP contribution in [-0.2, 0) is 0 Å². The van der Waals surface area contributed by atoms with Gasteiger partial charge in [-0.05, 0) is 31.5 Å². The average Bonchev–Trinajstić information content (AvgIpc) is 2.59. The lowest BCUT2D eigenvalue weighted by molar-refractivity contribution is -0.384. The highest BCUT2D eigenvalue weighted by atomic mass is 16.6. The fraction of sp³-hybridized carbons (Fsp3) is 0.278. The van der Waals surface area contributed by atoms with E-state index in [1.165, 1.54) is 18.2 Å². The van der Waals surface area contributed by atoms with Gasteiger partial charge < -0.3 is 15.4 Å². The maximum absolute atomic E-state index is 12.3. The first kappa shape index (κ1) is 18.3. The molecule has 0 aliphatic carbocycles.